The van der Waals surface area contributed by atoms with Crippen LogP contribution >= 0.6 is 0 Å². The molecule has 0 bridgehead atoms. The molecule has 1 heterocycles. The molecule has 1 fully saturated rings. The fraction of sp³-hybridized carbons (Fsp3) is 0.531. The molecule has 0 radical (unpaired) electrons. The van der Waals surface area contributed by atoms with Gasteiger partial charge in [0.15, 0.2) is 0 Å². The molecule has 2 aromatic rings. The van der Waals surface area contributed by atoms with E-state index in [0.717, 1.165) is 31.2 Å². The summed E-state index contributed by atoms with van der Waals surface area (Å²) in [6.07, 6.45) is 5.24. The first-order chi connectivity index (χ1) is 20.1. The minimum absolute atomic E-state index is 0.0511. The smallest absolute Gasteiger partial charge is 0.335 e. The number of rotatable bonds is 9. The van der Waals surface area contributed by atoms with Crippen LogP contribution in [0.4, 0.5) is 10.5 Å². The van der Waals surface area contributed by atoms with Crippen molar-refractivity contribution >= 4 is 23.6 Å². The summed E-state index contributed by atoms with van der Waals surface area (Å²) >= 11 is 0. The Balaban J connectivity index is 1.52. The first-order valence-corrected chi connectivity index (χ1v) is 14.9. The number of carboxylic acid groups (broad SMARTS) is 1. The van der Waals surface area contributed by atoms with Crippen molar-refractivity contribution < 1.29 is 29.3 Å². The highest BCUT2D eigenvalue weighted by molar-refractivity contribution is 5.90. The average molecular weight is 581 g/mol. The SMILES string of the molecule is C[C@@H]1CN([C@H](C)CO)C(=O)Cc2cc(NC(=O)NC3CCCCC3)ccc2O[C@@H]1CN(C)Cc1ccc(C(=O)O)cc1. The van der Waals surface area contributed by atoms with Gasteiger partial charge in [-0.3, -0.25) is 9.69 Å². The molecule has 42 heavy (non-hydrogen) atoms. The zero-order valence-corrected chi connectivity index (χ0v) is 24.8. The summed E-state index contributed by atoms with van der Waals surface area (Å²) in [5.74, 6) is -0.522. The molecule has 2 aliphatic rings. The third-order valence-corrected chi connectivity index (χ3v) is 8.26. The number of anilines is 1. The molecule has 1 aliphatic carbocycles. The van der Waals surface area contributed by atoms with Crippen LogP contribution < -0.4 is 15.4 Å². The topological polar surface area (TPSA) is 131 Å². The molecule has 4 N–H and O–H groups in total. The predicted octanol–water partition coefficient (Wildman–Crippen LogP) is 4.12. The number of carboxylic acids is 1. The van der Waals surface area contributed by atoms with Gasteiger partial charge in [0.05, 0.1) is 24.6 Å². The number of carbonyl (C=O) groups is 3. The maximum Gasteiger partial charge on any atom is 0.335 e. The van der Waals surface area contributed by atoms with Gasteiger partial charge in [0.1, 0.15) is 11.9 Å². The van der Waals surface area contributed by atoms with Crippen LogP contribution in [0.5, 0.6) is 5.75 Å². The summed E-state index contributed by atoms with van der Waals surface area (Å²) in [5.41, 5.74) is 2.49. The molecule has 0 spiro atoms. The van der Waals surface area contributed by atoms with E-state index in [1.54, 1.807) is 29.2 Å². The number of aromatic carboxylic acids is 1. The number of nitrogens with zero attached hydrogens (tertiary/aromatic N) is 2. The van der Waals surface area contributed by atoms with Crippen LogP contribution in [0, 0.1) is 5.92 Å². The van der Waals surface area contributed by atoms with Crippen molar-refractivity contribution in [2.24, 2.45) is 5.92 Å². The van der Waals surface area contributed by atoms with E-state index in [4.69, 9.17) is 4.74 Å². The highest BCUT2D eigenvalue weighted by atomic mass is 16.5. The van der Waals surface area contributed by atoms with Crippen molar-refractivity contribution in [3.8, 4) is 5.75 Å². The Kier molecular flexibility index (Phi) is 10.8. The standard InChI is InChI=1S/C32H44N4O6/c1-21-17-36(22(2)20-37)30(38)16-25-15-27(34-32(41)33-26-7-5-4-6-8-26)13-14-28(25)42-29(21)19-35(3)18-23-9-11-24(12-10-23)31(39)40/h9-15,21-22,26,29,37H,4-8,16-20H2,1-3H3,(H,39,40)(H2,33,34,41)/t21-,22-,29-/m1/s1. The average Bonchev–Trinajstić information content (AvgIpc) is 3.00. The van der Waals surface area contributed by atoms with E-state index in [2.05, 4.69) is 15.5 Å². The Labute approximate surface area is 248 Å². The number of aliphatic hydroxyl groups is 1. The zero-order valence-electron chi connectivity index (χ0n) is 24.8. The van der Waals surface area contributed by atoms with Gasteiger partial charge in [-0.2, -0.15) is 0 Å². The van der Waals surface area contributed by atoms with Crippen molar-refractivity contribution in [2.45, 2.75) is 77.1 Å². The maximum atomic E-state index is 13.5. The van der Waals surface area contributed by atoms with E-state index in [-0.39, 0.29) is 54.6 Å². The molecule has 1 saturated carbocycles. The second-order valence-electron chi connectivity index (χ2n) is 11.8. The molecule has 10 nitrogen and oxygen atoms in total. The summed E-state index contributed by atoms with van der Waals surface area (Å²) in [6.45, 7) is 5.30. The second kappa shape index (κ2) is 14.5. The van der Waals surface area contributed by atoms with Crippen molar-refractivity contribution in [1.82, 2.24) is 15.1 Å². The van der Waals surface area contributed by atoms with Crippen LogP contribution in [0.15, 0.2) is 42.5 Å². The monoisotopic (exact) mass is 580 g/mol. The van der Waals surface area contributed by atoms with Gasteiger partial charge in [0, 0.05) is 42.8 Å². The highest BCUT2D eigenvalue weighted by Crippen LogP contribution is 2.29. The molecule has 1 aliphatic heterocycles. The third-order valence-electron chi connectivity index (χ3n) is 8.26. The lowest BCUT2D eigenvalue weighted by Crippen LogP contribution is -2.47. The van der Waals surface area contributed by atoms with Crippen LogP contribution in [0.25, 0.3) is 0 Å². The normalized spacial score (nSPS) is 20.5. The molecule has 0 aromatic heterocycles. The first-order valence-electron chi connectivity index (χ1n) is 14.9. The van der Waals surface area contributed by atoms with Crippen LogP contribution in [-0.4, -0.2) is 82.9 Å². The molecule has 3 amide bonds. The molecule has 0 unspecified atom stereocenters. The molecule has 228 valence electrons. The predicted molar refractivity (Wildman–Crippen MR) is 161 cm³/mol. The fourth-order valence-electron chi connectivity index (χ4n) is 5.76. The summed E-state index contributed by atoms with van der Waals surface area (Å²) in [6, 6.07) is 11.8. The lowest BCUT2D eigenvalue weighted by Gasteiger charge is -2.34. The van der Waals surface area contributed by atoms with E-state index < -0.39 is 5.97 Å². The molecule has 3 atom stereocenters. The Bertz CT molecular complexity index is 1230. The number of hydrogen-bond donors (Lipinski definition) is 4. The summed E-state index contributed by atoms with van der Waals surface area (Å²) < 4.78 is 6.59. The fourth-order valence-corrected chi connectivity index (χ4v) is 5.76. The van der Waals surface area contributed by atoms with Crippen LogP contribution in [-0.2, 0) is 17.8 Å². The van der Waals surface area contributed by atoms with Crippen molar-refractivity contribution in [1.29, 1.82) is 0 Å². The van der Waals surface area contributed by atoms with Gasteiger partial charge in [0.2, 0.25) is 5.91 Å². The Hall–Kier alpha value is -3.63. The van der Waals surface area contributed by atoms with Gasteiger partial charge in [-0.15, -0.1) is 0 Å². The number of fused-ring (bicyclic) bond motifs is 1. The summed E-state index contributed by atoms with van der Waals surface area (Å²) in [5, 5.41) is 25.1. The number of urea groups is 1. The van der Waals surface area contributed by atoms with Gasteiger partial charge in [0.25, 0.3) is 0 Å². The molecule has 2 aromatic carbocycles. The van der Waals surface area contributed by atoms with Crippen LogP contribution in [0.1, 0.15) is 67.4 Å². The summed E-state index contributed by atoms with van der Waals surface area (Å²) in [7, 11) is 1.98. The van der Waals surface area contributed by atoms with Crippen LogP contribution in [0.3, 0.4) is 0 Å². The Morgan fingerprint density at radius 3 is 2.50 bits per heavy atom. The van der Waals surface area contributed by atoms with E-state index in [1.165, 1.54) is 6.42 Å². The van der Waals surface area contributed by atoms with Crippen molar-refractivity contribution in [2.75, 3.05) is 32.1 Å². The number of carbonyl (C=O) groups excluding carboxylic acids is 2. The van der Waals surface area contributed by atoms with Crippen molar-refractivity contribution in [3.63, 3.8) is 0 Å². The van der Waals surface area contributed by atoms with Gasteiger partial charge in [-0.05, 0) is 62.7 Å². The number of benzene rings is 2. The van der Waals surface area contributed by atoms with Gasteiger partial charge in [-0.1, -0.05) is 38.3 Å². The first kappa shape index (κ1) is 31.3. The molecule has 10 heteroatoms. The number of hydrogen-bond acceptors (Lipinski definition) is 6. The highest BCUT2D eigenvalue weighted by Gasteiger charge is 2.31. The largest absolute Gasteiger partial charge is 0.488 e. The van der Waals surface area contributed by atoms with E-state index in [0.29, 0.717) is 36.6 Å². The van der Waals surface area contributed by atoms with Crippen LogP contribution in [0.2, 0.25) is 0 Å². The zero-order chi connectivity index (χ0) is 30.2. The Morgan fingerprint density at radius 2 is 1.83 bits per heavy atom. The molecular formula is C32H44N4O6. The second-order valence-corrected chi connectivity index (χ2v) is 11.8. The van der Waals surface area contributed by atoms with Gasteiger partial charge in [-0.25, -0.2) is 9.59 Å². The summed E-state index contributed by atoms with van der Waals surface area (Å²) in [4.78, 5) is 41.2. The Morgan fingerprint density at radius 1 is 1.12 bits per heavy atom. The molecular weight excluding hydrogens is 536 g/mol. The number of ether oxygens (including phenoxy) is 1. The lowest BCUT2D eigenvalue weighted by atomic mass is 9.96. The van der Waals surface area contributed by atoms with Gasteiger partial charge >= 0.3 is 12.0 Å². The number of likely N-dealkylation sites (N-methyl/N-ethyl adjacent to an activating group) is 1. The maximum absolute atomic E-state index is 13.5. The van der Waals surface area contributed by atoms with E-state index in [1.807, 2.05) is 39.1 Å². The number of nitrogens with one attached hydrogen (secondary N) is 2. The minimum Gasteiger partial charge on any atom is -0.488 e. The molecule has 4 rings (SSSR count). The minimum atomic E-state index is -0.958. The third kappa shape index (κ3) is 8.45. The van der Waals surface area contributed by atoms with E-state index >= 15 is 0 Å². The number of aliphatic hydroxyl groups excluding tert-OH is 1. The van der Waals surface area contributed by atoms with Crippen molar-refractivity contribution in [3.05, 3.63) is 59.2 Å². The van der Waals surface area contributed by atoms with E-state index in [9.17, 15) is 24.6 Å². The van der Waals surface area contributed by atoms with Gasteiger partial charge < -0.3 is 30.5 Å². The molecule has 0 saturated heterocycles. The lowest BCUT2D eigenvalue weighted by molar-refractivity contribution is -0.134. The quantitative estimate of drug-likeness (QED) is 0.351. The number of amides is 3.